The van der Waals surface area contributed by atoms with Crippen LogP contribution in [0.15, 0.2) is 58.3 Å². The van der Waals surface area contributed by atoms with Gasteiger partial charge in [-0.05, 0) is 48.2 Å². The van der Waals surface area contributed by atoms with Crippen LogP contribution in [0.4, 0.5) is 14.9 Å². The first-order valence-corrected chi connectivity index (χ1v) is 8.86. The molecule has 1 N–H and O–H groups in total. The molecule has 0 atom stereocenters. The Kier molecular flexibility index (Phi) is 5.27. The second kappa shape index (κ2) is 7.01. The third-order valence-electron chi connectivity index (χ3n) is 2.80. The van der Waals surface area contributed by atoms with E-state index in [-0.39, 0.29) is 10.9 Å². The number of anilines is 1. The minimum absolute atomic E-state index is 0.135. The molecule has 23 heavy (non-hydrogen) atoms. The van der Waals surface area contributed by atoms with E-state index in [0.717, 1.165) is 17.8 Å². The number of thioether (sulfide) groups is 1. The summed E-state index contributed by atoms with van der Waals surface area (Å²) in [6, 6.07) is 11.4. The van der Waals surface area contributed by atoms with E-state index < -0.39 is 20.7 Å². The van der Waals surface area contributed by atoms with Crippen molar-refractivity contribution in [3.8, 4) is 0 Å². The molecule has 0 saturated carbocycles. The van der Waals surface area contributed by atoms with Crippen molar-refractivity contribution in [2.45, 2.75) is 9.79 Å². The second-order valence-corrected chi connectivity index (χ2v) is 7.50. The number of nitrogens with one attached hydrogen (secondary N) is 1. The Morgan fingerprint density at radius 1 is 1.09 bits per heavy atom. The molecule has 0 bridgehead atoms. The second-order valence-electron chi connectivity index (χ2n) is 4.82. The van der Waals surface area contributed by atoms with Gasteiger partial charge in [-0.25, -0.2) is 12.8 Å². The molecule has 122 valence electrons. The van der Waals surface area contributed by atoms with E-state index >= 15 is 0 Å². The standard InChI is InChI=1S/C15H15FN2O3S2/c1-18(2)15(19)22-12-9-7-11(8-10-12)17-23(20,21)14-6-4-3-5-13(14)16/h3-10,17H,1-2H3. The van der Waals surface area contributed by atoms with Crippen LogP contribution in [0.25, 0.3) is 0 Å². The Hall–Kier alpha value is -2.06. The van der Waals surface area contributed by atoms with E-state index in [1.165, 1.54) is 35.2 Å². The van der Waals surface area contributed by atoms with Crippen molar-refractivity contribution in [2.75, 3.05) is 18.8 Å². The van der Waals surface area contributed by atoms with E-state index in [4.69, 9.17) is 0 Å². The number of carbonyl (C=O) groups is 1. The Labute approximate surface area is 138 Å². The zero-order valence-corrected chi connectivity index (χ0v) is 14.1. The summed E-state index contributed by atoms with van der Waals surface area (Å²) in [5.74, 6) is -0.816. The zero-order valence-electron chi connectivity index (χ0n) is 12.5. The molecule has 2 rings (SSSR count). The summed E-state index contributed by atoms with van der Waals surface area (Å²) in [6.45, 7) is 0. The van der Waals surface area contributed by atoms with Crippen molar-refractivity contribution in [2.24, 2.45) is 0 Å². The topological polar surface area (TPSA) is 66.5 Å². The van der Waals surface area contributed by atoms with Crippen molar-refractivity contribution < 1.29 is 17.6 Å². The normalized spacial score (nSPS) is 11.1. The maximum atomic E-state index is 13.6. The average Bonchev–Trinajstić information content (AvgIpc) is 2.49. The molecule has 0 radical (unpaired) electrons. The fourth-order valence-corrected chi connectivity index (χ4v) is 3.45. The first-order valence-electron chi connectivity index (χ1n) is 6.56. The smallest absolute Gasteiger partial charge is 0.285 e. The third kappa shape index (κ3) is 4.46. The SMILES string of the molecule is CN(C)C(=O)Sc1ccc(NS(=O)(=O)c2ccccc2F)cc1. The predicted octanol–water partition coefficient (Wildman–Crippen LogP) is 3.40. The van der Waals surface area contributed by atoms with Gasteiger partial charge in [0.15, 0.2) is 0 Å². The Morgan fingerprint density at radius 3 is 2.26 bits per heavy atom. The molecule has 0 aliphatic heterocycles. The van der Waals surface area contributed by atoms with Crippen LogP contribution in [-0.4, -0.2) is 32.7 Å². The minimum Gasteiger partial charge on any atom is -0.339 e. The highest BCUT2D eigenvalue weighted by Gasteiger charge is 2.18. The molecule has 2 aromatic rings. The fourth-order valence-electron chi connectivity index (χ4n) is 1.66. The van der Waals surface area contributed by atoms with Gasteiger partial charge in [-0.1, -0.05) is 12.1 Å². The van der Waals surface area contributed by atoms with Crippen LogP contribution in [0.5, 0.6) is 0 Å². The highest BCUT2D eigenvalue weighted by atomic mass is 32.2. The summed E-state index contributed by atoms with van der Waals surface area (Å²) in [4.78, 5) is 13.3. The van der Waals surface area contributed by atoms with E-state index in [2.05, 4.69) is 4.72 Å². The number of hydrogen-bond donors (Lipinski definition) is 1. The summed E-state index contributed by atoms with van der Waals surface area (Å²) in [6.07, 6.45) is 0. The lowest BCUT2D eigenvalue weighted by Crippen LogP contribution is -2.16. The Morgan fingerprint density at radius 2 is 1.70 bits per heavy atom. The molecule has 0 unspecified atom stereocenters. The Balaban J connectivity index is 2.15. The van der Waals surface area contributed by atoms with Crippen LogP contribution < -0.4 is 4.72 Å². The quantitative estimate of drug-likeness (QED) is 0.855. The lowest BCUT2D eigenvalue weighted by molar-refractivity contribution is 0.241. The first-order chi connectivity index (χ1) is 10.8. The summed E-state index contributed by atoms with van der Waals surface area (Å²) < 4.78 is 40.2. The summed E-state index contributed by atoms with van der Waals surface area (Å²) in [5.41, 5.74) is 0.287. The van der Waals surface area contributed by atoms with Crippen LogP contribution >= 0.6 is 11.8 Å². The largest absolute Gasteiger partial charge is 0.339 e. The van der Waals surface area contributed by atoms with Gasteiger partial charge in [0.25, 0.3) is 15.3 Å². The van der Waals surface area contributed by atoms with Crippen molar-refractivity contribution in [3.05, 3.63) is 54.3 Å². The predicted molar refractivity (Wildman–Crippen MR) is 88.6 cm³/mol. The molecule has 8 heteroatoms. The van der Waals surface area contributed by atoms with Crippen LogP contribution in [0, 0.1) is 5.82 Å². The molecule has 0 fully saturated rings. The number of nitrogens with zero attached hydrogens (tertiary/aromatic N) is 1. The molecule has 0 aliphatic rings. The third-order valence-corrected chi connectivity index (χ3v) is 5.27. The summed E-state index contributed by atoms with van der Waals surface area (Å²) >= 11 is 1.03. The molecule has 2 aromatic carbocycles. The van der Waals surface area contributed by atoms with Crippen LogP contribution in [-0.2, 0) is 10.0 Å². The van der Waals surface area contributed by atoms with E-state index in [9.17, 15) is 17.6 Å². The van der Waals surface area contributed by atoms with Gasteiger partial charge in [-0.2, -0.15) is 0 Å². The molecule has 0 heterocycles. The van der Waals surface area contributed by atoms with E-state index in [1.54, 1.807) is 26.2 Å². The summed E-state index contributed by atoms with van der Waals surface area (Å²) in [5, 5.41) is -0.135. The maximum Gasteiger partial charge on any atom is 0.285 e. The zero-order chi connectivity index (χ0) is 17.0. The highest BCUT2D eigenvalue weighted by Crippen LogP contribution is 2.24. The molecular weight excluding hydrogens is 339 g/mol. The molecule has 1 amide bonds. The number of amides is 1. The fraction of sp³-hybridized carbons (Fsp3) is 0.133. The number of sulfonamides is 1. The van der Waals surface area contributed by atoms with Crippen molar-refractivity contribution >= 4 is 32.7 Å². The molecule has 0 aliphatic carbocycles. The number of benzene rings is 2. The molecule has 5 nitrogen and oxygen atoms in total. The van der Waals surface area contributed by atoms with Gasteiger partial charge >= 0.3 is 0 Å². The van der Waals surface area contributed by atoms with Gasteiger partial charge in [-0.15, -0.1) is 0 Å². The van der Waals surface area contributed by atoms with Gasteiger partial charge in [-0.3, -0.25) is 9.52 Å². The van der Waals surface area contributed by atoms with Crippen molar-refractivity contribution in [3.63, 3.8) is 0 Å². The monoisotopic (exact) mass is 354 g/mol. The van der Waals surface area contributed by atoms with Crippen molar-refractivity contribution in [1.82, 2.24) is 4.90 Å². The average molecular weight is 354 g/mol. The van der Waals surface area contributed by atoms with Crippen LogP contribution in [0.3, 0.4) is 0 Å². The van der Waals surface area contributed by atoms with Gasteiger partial charge < -0.3 is 4.90 Å². The van der Waals surface area contributed by atoms with Gasteiger partial charge in [0, 0.05) is 24.7 Å². The molecule has 0 saturated heterocycles. The van der Waals surface area contributed by atoms with E-state index in [1.807, 2.05) is 0 Å². The maximum absolute atomic E-state index is 13.6. The lowest BCUT2D eigenvalue weighted by atomic mass is 10.3. The van der Waals surface area contributed by atoms with E-state index in [0.29, 0.717) is 4.90 Å². The van der Waals surface area contributed by atoms with Gasteiger partial charge in [0.1, 0.15) is 10.7 Å². The summed E-state index contributed by atoms with van der Waals surface area (Å²) in [7, 11) is -0.710. The molecule has 0 aromatic heterocycles. The lowest BCUT2D eigenvalue weighted by Gasteiger charge is -2.11. The molecule has 0 spiro atoms. The number of hydrogen-bond acceptors (Lipinski definition) is 4. The highest BCUT2D eigenvalue weighted by molar-refractivity contribution is 8.13. The van der Waals surface area contributed by atoms with Crippen molar-refractivity contribution in [1.29, 1.82) is 0 Å². The van der Waals surface area contributed by atoms with Gasteiger partial charge in [0.2, 0.25) is 0 Å². The molecular formula is C15H15FN2O3S2. The van der Waals surface area contributed by atoms with Crippen LogP contribution in [0.2, 0.25) is 0 Å². The van der Waals surface area contributed by atoms with Gasteiger partial charge in [0.05, 0.1) is 0 Å². The Bertz CT molecular complexity index is 806. The minimum atomic E-state index is -4.00. The number of halogens is 1. The first kappa shape index (κ1) is 17.3. The number of carbonyl (C=O) groups excluding carboxylic acids is 1. The number of rotatable bonds is 4. The van der Waals surface area contributed by atoms with Crippen LogP contribution in [0.1, 0.15) is 0 Å².